The number of ether oxygens (including phenoxy) is 1. The van der Waals surface area contributed by atoms with Crippen LogP contribution in [0.3, 0.4) is 0 Å². The first-order valence-corrected chi connectivity index (χ1v) is 8.74. The average Bonchev–Trinajstić information content (AvgIpc) is 3.09. The number of morpholine rings is 1. The van der Waals surface area contributed by atoms with Crippen molar-refractivity contribution in [1.29, 1.82) is 0 Å². The van der Waals surface area contributed by atoms with Gasteiger partial charge in [-0.25, -0.2) is 9.37 Å². The predicted octanol–water partition coefficient (Wildman–Crippen LogP) is 2.19. The number of likely N-dealkylation sites (N-methyl/N-ethyl adjacent to an activating group) is 1. The highest BCUT2D eigenvalue weighted by Gasteiger charge is 2.26. The van der Waals surface area contributed by atoms with Crippen molar-refractivity contribution in [2.24, 2.45) is 0 Å². The van der Waals surface area contributed by atoms with Crippen molar-refractivity contribution in [3.63, 3.8) is 0 Å². The Kier molecular flexibility index (Phi) is 5.55. The first-order valence-electron chi connectivity index (χ1n) is 7.86. The Bertz CT molecular complexity index is 663. The fourth-order valence-corrected chi connectivity index (χ4v) is 3.36. The van der Waals surface area contributed by atoms with Gasteiger partial charge in [-0.05, 0) is 24.7 Å². The molecule has 0 bridgehead atoms. The van der Waals surface area contributed by atoms with Crippen molar-refractivity contribution in [3.05, 3.63) is 47.2 Å². The van der Waals surface area contributed by atoms with Crippen LogP contribution in [0.4, 0.5) is 9.52 Å². The largest absolute Gasteiger partial charge is 0.374 e. The second-order valence-corrected chi connectivity index (χ2v) is 6.75. The van der Waals surface area contributed by atoms with E-state index in [1.807, 2.05) is 12.4 Å². The van der Waals surface area contributed by atoms with Crippen LogP contribution in [-0.4, -0.2) is 55.2 Å². The number of halogens is 1. The number of thiazole rings is 1. The Morgan fingerprint density at radius 2 is 2.25 bits per heavy atom. The molecule has 1 aliphatic heterocycles. The van der Waals surface area contributed by atoms with Gasteiger partial charge in [-0.2, -0.15) is 0 Å². The number of nitrogens with zero attached hydrogens (tertiary/aromatic N) is 3. The fourth-order valence-electron chi connectivity index (χ4n) is 2.69. The molecule has 1 saturated heterocycles. The van der Waals surface area contributed by atoms with Crippen molar-refractivity contribution in [1.82, 2.24) is 9.88 Å². The molecule has 0 N–H and O–H groups in total. The number of anilines is 1. The monoisotopic (exact) mass is 349 g/mol. The van der Waals surface area contributed by atoms with E-state index < -0.39 is 0 Å². The van der Waals surface area contributed by atoms with E-state index in [-0.39, 0.29) is 24.2 Å². The molecule has 2 heterocycles. The smallest absolute Gasteiger partial charge is 0.233 e. The zero-order valence-corrected chi connectivity index (χ0v) is 14.3. The van der Waals surface area contributed by atoms with E-state index in [1.165, 1.54) is 23.5 Å². The third-order valence-electron chi connectivity index (χ3n) is 3.95. The molecule has 128 valence electrons. The molecule has 1 amide bonds. The van der Waals surface area contributed by atoms with E-state index in [2.05, 4.69) is 9.88 Å². The van der Waals surface area contributed by atoms with Gasteiger partial charge in [0.1, 0.15) is 5.82 Å². The van der Waals surface area contributed by atoms with E-state index >= 15 is 0 Å². The molecule has 7 heteroatoms. The van der Waals surface area contributed by atoms with Crippen LogP contribution in [0.1, 0.15) is 5.56 Å². The van der Waals surface area contributed by atoms with Crippen LogP contribution >= 0.6 is 11.3 Å². The molecule has 0 aliphatic carbocycles. The number of hydrogen-bond acceptors (Lipinski definition) is 5. The summed E-state index contributed by atoms with van der Waals surface area (Å²) in [5.41, 5.74) is 0.782. The minimum atomic E-state index is -0.304. The van der Waals surface area contributed by atoms with Crippen LogP contribution in [-0.2, 0) is 16.0 Å². The molecule has 2 aromatic rings. The third-order valence-corrected chi connectivity index (χ3v) is 4.74. The van der Waals surface area contributed by atoms with Gasteiger partial charge in [0.05, 0.1) is 25.7 Å². The van der Waals surface area contributed by atoms with Crippen molar-refractivity contribution in [2.75, 3.05) is 38.2 Å². The lowest BCUT2D eigenvalue weighted by Crippen LogP contribution is -2.48. The van der Waals surface area contributed by atoms with Crippen molar-refractivity contribution >= 4 is 22.4 Å². The van der Waals surface area contributed by atoms with Crippen LogP contribution in [0, 0.1) is 5.82 Å². The lowest BCUT2D eigenvalue weighted by Gasteiger charge is -2.33. The number of carbonyl (C=O) groups is 1. The highest BCUT2D eigenvalue weighted by molar-refractivity contribution is 7.13. The second kappa shape index (κ2) is 7.83. The maximum absolute atomic E-state index is 13.0. The molecule has 1 atom stereocenters. The number of rotatable bonds is 5. The van der Waals surface area contributed by atoms with Gasteiger partial charge >= 0.3 is 0 Å². The molecule has 0 unspecified atom stereocenters. The normalized spacial score (nSPS) is 18.5. The van der Waals surface area contributed by atoms with E-state index in [9.17, 15) is 9.18 Å². The number of aromatic nitrogens is 1. The molecule has 0 saturated carbocycles. The Hall–Kier alpha value is -1.83. The zero-order valence-electron chi connectivity index (χ0n) is 13.5. The van der Waals surface area contributed by atoms with Crippen LogP contribution in [0.15, 0.2) is 35.8 Å². The lowest BCUT2D eigenvalue weighted by atomic mass is 10.1. The first kappa shape index (κ1) is 17.0. The second-order valence-electron chi connectivity index (χ2n) is 5.88. The summed E-state index contributed by atoms with van der Waals surface area (Å²) in [6.07, 6.45) is 1.86. The average molecular weight is 349 g/mol. The van der Waals surface area contributed by atoms with Crippen LogP contribution in [0.25, 0.3) is 0 Å². The molecule has 1 aromatic heterocycles. The fraction of sp³-hybridized carbons (Fsp3) is 0.412. The number of hydrogen-bond donors (Lipinski definition) is 0. The SMILES string of the molecule is CN1CCO[C@@H](CN(C(=O)Cc2ccc(F)cc2)c2nccs2)C1. The summed E-state index contributed by atoms with van der Waals surface area (Å²) < 4.78 is 18.8. The predicted molar refractivity (Wildman–Crippen MR) is 91.8 cm³/mol. The van der Waals surface area contributed by atoms with Gasteiger partial charge in [0.25, 0.3) is 0 Å². The molecule has 24 heavy (non-hydrogen) atoms. The minimum absolute atomic E-state index is 0.0372. The lowest BCUT2D eigenvalue weighted by molar-refractivity contribution is -0.118. The summed E-state index contributed by atoms with van der Waals surface area (Å²) in [6.45, 7) is 2.82. The topological polar surface area (TPSA) is 45.7 Å². The van der Waals surface area contributed by atoms with Gasteiger partial charge in [-0.3, -0.25) is 9.69 Å². The summed E-state index contributed by atoms with van der Waals surface area (Å²) in [6, 6.07) is 6.02. The van der Waals surface area contributed by atoms with Crippen molar-refractivity contribution in [2.45, 2.75) is 12.5 Å². The maximum atomic E-state index is 13.0. The first-order chi connectivity index (χ1) is 11.6. The number of carbonyl (C=O) groups excluding carboxylic acids is 1. The van der Waals surface area contributed by atoms with E-state index in [0.717, 1.165) is 18.7 Å². The maximum Gasteiger partial charge on any atom is 0.233 e. The molecule has 1 aliphatic rings. The van der Waals surface area contributed by atoms with E-state index in [1.54, 1.807) is 23.2 Å². The van der Waals surface area contributed by atoms with Gasteiger partial charge in [0.15, 0.2) is 5.13 Å². The summed E-state index contributed by atoms with van der Waals surface area (Å²) in [5, 5.41) is 2.51. The summed E-state index contributed by atoms with van der Waals surface area (Å²) in [7, 11) is 2.05. The van der Waals surface area contributed by atoms with Gasteiger partial charge in [-0.1, -0.05) is 12.1 Å². The molecule has 5 nitrogen and oxygen atoms in total. The van der Waals surface area contributed by atoms with Gasteiger partial charge in [-0.15, -0.1) is 11.3 Å². The Balaban J connectivity index is 1.72. The van der Waals surface area contributed by atoms with Crippen molar-refractivity contribution < 1.29 is 13.9 Å². The molecule has 0 spiro atoms. The van der Waals surface area contributed by atoms with Crippen LogP contribution in [0.5, 0.6) is 0 Å². The summed E-state index contributed by atoms with van der Waals surface area (Å²) >= 11 is 1.43. The Labute approximate surface area is 144 Å². The summed E-state index contributed by atoms with van der Waals surface area (Å²) in [5.74, 6) is -0.366. The van der Waals surface area contributed by atoms with Crippen molar-refractivity contribution in [3.8, 4) is 0 Å². The molecule has 0 radical (unpaired) electrons. The van der Waals surface area contributed by atoms with Crippen LogP contribution < -0.4 is 4.90 Å². The minimum Gasteiger partial charge on any atom is -0.374 e. The Morgan fingerprint density at radius 3 is 2.92 bits per heavy atom. The van der Waals surface area contributed by atoms with Crippen LogP contribution in [0.2, 0.25) is 0 Å². The Morgan fingerprint density at radius 1 is 1.46 bits per heavy atom. The molecule has 1 aromatic carbocycles. The van der Waals surface area contributed by atoms with Gasteiger partial charge < -0.3 is 9.64 Å². The summed E-state index contributed by atoms with van der Waals surface area (Å²) in [4.78, 5) is 20.9. The molecular weight excluding hydrogens is 329 g/mol. The highest BCUT2D eigenvalue weighted by atomic mass is 32.1. The number of amides is 1. The molecule has 3 rings (SSSR count). The number of benzene rings is 1. The van der Waals surface area contributed by atoms with Gasteiger partial charge in [0, 0.05) is 24.7 Å². The highest BCUT2D eigenvalue weighted by Crippen LogP contribution is 2.20. The van der Waals surface area contributed by atoms with E-state index in [4.69, 9.17) is 4.74 Å². The standard InChI is InChI=1S/C17H20FN3O2S/c1-20-7-8-23-15(11-20)12-21(17-19-6-9-24-17)16(22)10-13-2-4-14(18)5-3-13/h2-6,9,15H,7-8,10-12H2,1H3/t15-/m1/s1. The van der Waals surface area contributed by atoms with E-state index in [0.29, 0.717) is 18.3 Å². The molecule has 1 fully saturated rings. The molecular formula is C17H20FN3O2S. The van der Waals surface area contributed by atoms with Gasteiger partial charge in [0.2, 0.25) is 5.91 Å². The third kappa shape index (κ3) is 4.37. The zero-order chi connectivity index (χ0) is 16.9. The quantitative estimate of drug-likeness (QED) is 0.830.